The summed E-state index contributed by atoms with van der Waals surface area (Å²) >= 11 is 0. The number of halogens is 1. The molecule has 0 aliphatic carbocycles. The highest BCUT2D eigenvalue weighted by Gasteiger charge is 2.35. The van der Waals surface area contributed by atoms with Crippen molar-refractivity contribution in [3.63, 3.8) is 0 Å². The first-order valence-electron chi connectivity index (χ1n) is 7.22. The van der Waals surface area contributed by atoms with E-state index in [0.717, 1.165) is 31.1 Å². The van der Waals surface area contributed by atoms with Gasteiger partial charge in [0.15, 0.2) is 0 Å². The van der Waals surface area contributed by atoms with E-state index in [1.807, 2.05) is 6.92 Å². The minimum Gasteiger partial charge on any atom is -0.508 e. The molecule has 0 saturated carbocycles. The van der Waals surface area contributed by atoms with Crippen molar-refractivity contribution in [2.45, 2.75) is 39.3 Å². The number of phenolic OH excluding ortho intramolecular Hbond substituents is 1. The predicted octanol–water partition coefficient (Wildman–Crippen LogP) is 2.91. The lowest BCUT2D eigenvalue weighted by atomic mass is 9.78. The van der Waals surface area contributed by atoms with E-state index in [1.54, 1.807) is 6.07 Å². The Morgan fingerprint density at radius 2 is 2.10 bits per heavy atom. The zero-order chi connectivity index (χ0) is 14.9. The summed E-state index contributed by atoms with van der Waals surface area (Å²) in [6.45, 7) is 8.66. The molecule has 2 N–H and O–H groups in total. The molecule has 0 bridgehead atoms. The van der Waals surface area contributed by atoms with Gasteiger partial charge in [0, 0.05) is 24.7 Å². The van der Waals surface area contributed by atoms with E-state index in [4.69, 9.17) is 0 Å². The van der Waals surface area contributed by atoms with Crippen LogP contribution in [0.4, 0.5) is 4.39 Å². The summed E-state index contributed by atoms with van der Waals surface area (Å²) in [5, 5.41) is 13.1. The Morgan fingerprint density at radius 1 is 1.40 bits per heavy atom. The Morgan fingerprint density at radius 3 is 2.70 bits per heavy atom. The molecule has 1 saturated heterocycles. The van der Waals surface area contributed by atoms with Crippen LogP contribution < -0.4 is 5.32 Å². The van der Waals surface area contributed by atoms with E-state index in [1.165, 1.54) is 6.07 Å². The summed E-state index contributed by atoms with van der Waals surface area (Å²) < 4.78 is 13.4. The van der Waals surface area contributed by atoms with Gasteiger partial charge in [0.2, 0.25) is 0 Å². The molecule has 1 fully saturated rings. The first kappa shape index (κ1) is 15.3. The highest BCUT2D eigenvalue weighted by atomic mass is 19.1. The topological polar surface area (TPSA) is 35.5 Å². The number of rotatable bonds is 3. The van der Waals surface area contributed by atoms with Gasteiger partial charge >= 0.3 is 0 Å². The van der Waals surface area contributed by atoms with Crippen LogP contribution >= 0.6 is 0 Å². The molecule has 2 atom stereocenters. The van der Waals surface area contributed by atoms with Crippen molar-refractivity contribution in [2.24, 2.45) is 5.41 Å². The molecule has 2 unspecified atom stereocenters. The van der Waals surface area contributed by atoms with Gasteiger partial charge in [-0.1, -0.05) is 13.8 Å². The second kappa shape index (κ2) is 5.70. The Kier molecular flexibility index (Phi) is 4.35. The molecule has 1 aromatic carbocycles. The molecule has 0 amide bonds. The van der Waals surface area contributed by atoms with Gasteiger partial charge in [-0.05, 0) is 50.0 Å². The van der Waals surface area contributed by atoms with E-state index >= 15 is 0 Å². The molecule has 0 spiro atoms. The lowest BCUT2D eigenvalue weighted by molar-refractivity contribution is 0.0905. The average Bonchev–Trinajstić information content (AvgIpc) is 2.30. The van der Waals surface area contributed by atoms with E-state index in [2.05, 4.69) is 31.1 Å². The highest BCUT2D eigenvalue weighted by Crippen LogP contribution is 2.31. The molecule has 1 aliphatic rings. The van der Waals surface area contributed by atoms with Gasteiger partial charge in [0.1, 0.15) is 11.6 Å². The van der Waals surface area contributed by atoms with Crippen LogP contribution in [-0.4, -0.2) is 36.2 Å². The van der Waals surface area contributed by atoms with E-state index in [0.29, 0.717) is 6.04 Å². The number of piperidine rings is 1. The first-order chi connectivity index (χ1) is 9.28. The minimum atomic E-state index is -0.392. The first-order valence-corrected chi connectivity index (χ1v) is 7.22. The van der Waals surface area contributed by atoms with Gasteiger partial charge in [-0.25, -0.2) is 4.39 Å². The molecule has 1 aliphatic heterocycles. The zero-order valence-corrected chi connectivity index (χ0v) is 12.8. The lowest BCUT2D eigenvalue weighted by Crippen LogP contribution is -2.53. The van der Waals surface area contributed by atoms with Gasteiger partial charge in [-0.2, -0.15) is 0 Å². The van der Waals surface area contributed by atoms with Crippen LogP contribution in [0.1, 0.15) is 38.8 Å². The second-order valence-corrected chi connectivity index (χ2v) is 6.70. The number of aromatic hydroxyl groups is 1. The Bertz CT molecular complexity index is 455. The highest BCUT2D eigenvalue weighted by molar-refractivity contribution is 5.30. The van der Waals surface area contributed by atoms with Gasteiger partial charge < -0.3 is 15.3 Å². The molecular weight excluding hydrogens is 255 g/mol. The molecule has 2 rings (SSSR count). The number of nitrogens with one attached hydrogen (secondary N) is 1. The van der Waals surface area contributed by atoms with E-state index < -0.39 is 5.82 Å². The summed E-state index contributed by atoms with van der Waals surface area (Å²) in [6, 6.07) is 4.65. The summed E-state index contributed by atoms with van der Waals surface area (Å²) in [6.07, 6.45) is 1.08. The van der Waals surface area contributed by atoms with Crippen molar-refractivity contribution in [3.05, 3.63) is 29.6 Å². The molecule has 1 heterocycles. The maximum atomic E-state index is 13.4. The molecule has 1 aromatic rings. The zero-order valence-electron chi connectivity index (χ0n) is 12.8. The van der Waals surface area contributed by atoms with E-state index in [-0.39, 0.29) is 17.2 Å². The normalized spacial score (nSPS) is 24.6. The number of likely N-dealkylation sites (tertiary alicyclic amines) is 1. The Labute approximate surface area is 120 Å². The molecule has 3 nitrogen and oxygen atoms in total. The molecule has 20 heavy (non-hydrogen) atoms. The fourth-order valence-corrected chi connectivity index (χ4v) is 3.18. The van der Waals surface area contributed by atoms with Crippen molar-refractivity contribution >= 4 is 0 Å². The summed E-state index contributed by atoms with van der Waals surface area (Å²) in [5.74, 6) is -0.410. The number of nitrogens with zero attached hydrogens (tertiary/aromatic N) is 1. The van der Waals surface area contributed by atoms with Crippen LogP contribution in [-0.2, 0) is 0 Å². The third-order valence-electron chi connectivity index (χ3n) is 4.28. The maximum Gasteiger partial charge on any atom is 0.127 e. The lowest BCUT2D eigenvalue weighted by Gasteiger charge is -2.44. The third-order valence-corrected chi connectivity index (χ3v) is 4.28. The summed E-state index contributed by atoms with van der Waals surface area (Å²) in [4.78, 5) is 2.34. The molecule has 112 valence electrons. The van der Waals surface area contributed by atoms with Crippen LogP contribution in [0.15, 0.2) is 18.2 Å². The van der Waals surface area contributed by atoms with E-state index in [9.17, 15) is 9.50 Å². The average molecular weight is 280 g/mol. The van der Waals surface area contributed by atoms with Crippen molar-refractivity contribution in [3.8, 4) is 5.75 Å². The van der Waals surface area contributed by atoms with Crippen molar-refractivity contribution in [1.82, 2.24) is 10.2 Å². The minimum absolute atomic E-state index is 0.0173. The molecule has 4 heteroatoms. The Balaban J connectivity index is 2.09. The SMILES string of the molecule is CC(NC1CCN(C)CC1(C)C)c1cc(O)cc(F)c1. The molecule has 0 aromatic heterocycles. The Hall–Kier alpha value is -1.13. The largest absolute Gasteiger partial charge is 0.508 e. The quantitative estimate of drug-likeness (QED) is 0.893. The second-order valence-electron chi connectivity index (χ2n) is 6.70. The monoisotopic (exact) mass is 280 g/mol. The van der Waals surface area contributed by atoms with Crippen LogP contribution in [0, 0.1) is 11.2 Å². The fraction of sp³-hybridized carbons (Fsp3) is 0.625. The van der Waals surface area contributed by atoms with Crippen molar-refractivity contribution in [2.75, 3.05) is 20.1 Å². The maximum absolute atomic E-state index is 13.4. The number of hydrogen-bond donors (Lipinski definition) is 2. The third kappa shape index (κ3) is 3.49. The smallest absolute Gasteiger partial charge is 0.127 e. The number of phenols is 1. The summed E-state index contributed by atoms with van der Waals surface area (Å²) in [5.41, 5.74) is 0.966. The van der Waals surface area contributed by atoms with Gasteiger partial charge in [-0.15, -0.1) is 0 Å². The predicted molar refractivity (Wildman–Crippen MR) is 79.3 cm³/mol. The van der Waals surface area contributed by atoms with Crippen molar-refractivity contribution in [1.29, 1.82) is 0 Å². The van der Waals surface area contributed by atoms with Gasteiger partial charge in [-0.3, -0.25) is 0 Å². The van der Waals surface area contributed by atoms with Crippen molar-refractivity contribution < 1.29 is 9.50 Å². The van der Waals surface area contributed by atoms with Gasteiger partial charge in [0.25, 0.3) is 0 Å². The van der Waals surface area contributed by atoms with Crippen LogP contribution in [0.3, 0.4) is 0 Å². The number of benzene rings is 1. The van der Waals surface area contributed by atoms with Crippen LogP contribution in [0.25, 0.3) is 0 Å². The number of hydrogen-bond acceptors (Lipinski definition) is 3. The van der Waals surface area contributed by atoms with Gasteiger partial charge in [0.05, 0.1) is 0 Å². The van der Waals surface area contributed by atoms with Crippen LogP contribution in [0.2, 0.25) is 0 Å². The molecule has 0 radical (unpaired) electrons. The fourth-order valence-electron chi connectivity index (χ4n) is 3.18. The van der Waals surface area contributed by atoms with Crippen LogP contribution in [0.5, 0.6) is 5.75 Å². The standard InChI is InChI=1S/C16H25FN2O/c1-11(12-7-13(17)9-14(20)8-12)18-15-5-6-19(4)10-16(15,2)3/h7-9,11,15,18,20H,5-6,10H2,1-4H3. The molecular formula is C16H25FN2O. The summed E-state index contributed by atoms with van der Waals surface area (Å²) in [7, 11) is 2.14.